The maximum atomic E-state index is 13.4. The van der Waals surface area contributed by atoms with Crippen LogP contribution in [0.3, 0.4) is 0 Å². The van der Waals surface area contributed by atoms with Crippen LogP contribution in [-0.2, 0) is 21.9 Å². The predicted octanol–water partition coefficient (Wildman–Crippen LogP) is 4.92. The molecule has 4 rings (SSSR count). The lowest BCUT2D eigenvalue weighted by molar-refractivity contribution is -0.137. The van der Waals surface area contributed by atoms with E-state index in [9.17, 15) is 9.59 Å². The molecule has 0 aromatic heterocycles. The molecule has 1 aliphatic rings. The van der Waals surface area contributed by atoms with Crippen LogP contribution in [0, 0.1) is 0 Å². The van der Waals surface area contributed by atoms with Gasteiger partial charge in [-0.05, 0) is 28.8 Å². The second-order valence-corrected chi connectivity index (χ2v) is 8.22. The van der Waals surface area contributed by atoms with E-state index in [2.05, 4.69) is 0 Å². The first kappa shape index (κ1) is 21.7. The van der Waals surface area contributed by atoms with Gasteiger partial charge >= 0.3 is 0 Å². The normalized spacial score (nSPS) is 13.6. The van der Waals surface area contributed by atoms with Gasteiger partial charge < -0.3 is 9.47 Å². The second kappa shape index (κ2) is 9.75. The van der Waals surface area contributed by atoms with E-state index < -0.39 is 0 Å². The van der Waals surface area contributed by atoms with Crippen molar-refractivity contribution in [2.75, 3.05) is 14.2 Å². The van der Waals surface area contributed by atoms with Gasteiger partial charge in [0.05, 0.1) is 31.2 Å². The smallest absolute Gasteiger partial charge is 0.268 e. The van der Waals surface area contributed by atoms with Gasteiger partial charge in [0.2, 0.25) is 0 Å². The molecule has 0 aliphatic carbocycles. The molecule has 2 amide bonds. The molecule has 162 valence electrons. The summed E-state index contributed by atoms with van der Waals surface area (Å²) in [6.45, 7) is 0.156. The maximum absolute atomic E-state index is 13.4. The molecule has 0 fully saturated rings. The molecule has 1 aliphatic heterocycles. The Morgan fingerprint density at radius 3 is 2.06 bits per heavy atom. The van der Waals surface area contributed by atoms with Crippen LogP contribution in [0.15, 0.2) is 83.8 Å². The number of hydrogen-bond donors (Lipinski definition) is 0. The van der Waals surface area contributed by atoms with Crippen LogP contribution < -0.4 is 9.47 Å². The van der Waals surface area contributed by atoms with Gasteiger partial charge in [-0.25, -0.2) is 0 Å². The Kier molecular flexibility index (Phi) is 6.61. The van der Waals surface area contributed by atoms with Crippen LogP contribution in [0.25, 0.3) is 5.57 Å². The molecule has 32 heavy (non-hydrogen) atoms. The number of methoxy groups -OCH3 is 2. The molecule has 6 heteroatoms. The van der Waals surface area contributed by atoms with Gasteiger partial charge in [0, 0.05) is 5.75 Å². The van der Waals surface area contributed by atoms with Gasteiger partial charge in [0.15, 0.2) is 11.5 Å². The van der Waals surface area contributed by atoms with Gasteiger partial charge in [-0.1, -0.05) is 66.7 Å². The molecule has 0 saturated carbocycles. The van der Waals surface area contributed by atoms with Crippen molar-refractivity contribution in [3.8, 4) is 11.5 Å². The number of amides is 2. The lowest BCUT2D eigenvalue weighted by Crippen LogP contribution is -2.30. The van der Waals surface area contributed by atoms with Crippen molar-refractivity contribution >= 4 is 29.1 Å². The molecule has 1 heterocycles. The van der Waals surface area contributed by atoms with E-state index in [-0.39, 0.29) is 18.4 Å². The van der Waals surface area contributed by atoms with E-state index >= 15 is 0 Å². The highest BCUT2D eigenvalue weighted by Crippen LogP contribution is 2.38. The number of imide groups is 1. The molecule has 0 N–H and O–H groups in total. The minimum absolute atomic E-state index is 0.156. The van der Waals surface area contributed by atoms with Crippen LogP contribution >= 0.6 is 11.8 Å². The summed E-state index contributed by atoms with van der Waals surface area (Å²) in [5, 5.41) is 0. The quantitative estimate of drug-likeness (QED) is 0.461. The Balaban J connectivity index is 1.64. The summed E-state index contributed by atoms with van der Waals surface area (Å²) < 4.78 is 10.7. The molecular formula is C26H23NO4S. The lowest BCUT2D eigenvalue weighted by atomic mass is 10.1. The first-order valence-corrected chi connectivity index (χ1v) is 11.1. The minimum Gasteiger partial charge on any atom is -0.493 e. The zero-order valence-corrected chi connectivity index (χ0v) is 18.7. The second-order valence-electron chi connectivity index (χ2n) is 7.23. The Morgan fingerprint density at radius 2 is 1.41 bits per heavy atom. The zero-order chi connectivity index (χ0) is 22.5. The Labute approximate surface area is 191 Å². The molecule has 3 aromatic rings. The number of hydrogen-bond acceptors (Lipinski definition) is 5. The highest BCUT2D eigenvalue weighted by Gasteiger charge is 2.39. The summed E-state index contributed by atoms with van der Waals surface area (Å²) in [6.07, 6.45) is 0. The van der Waals surface area contributed by atoms with Gasteiger partial charge in [-0.15, -0.1) is 11.8 Å². The van der Waals surface area contributed by atoms with E-state index in [1.165, 1.54) is 16.7 Å². The largest absolute Gasteiger partial charge is 0.493 e. The van der Waals surface area contributed by atoms with Gasteiger partial charge in [-0.3, -0.25) is 14.5 Å². The first-order valence-electron chi connectivity index (χ1n) is 10.2. The minimum atomic E-state index is -0.286. The summed E-state index contributed by atoms with van der Waals surface area (Å²) in [7, 11) is 3.12. The van der Waals surface area contributed by atoms with Crippen molar-refractivity contribution < 1.29 is 19.1 Å². The Hall–Kier alpha value is -3.51. The van der Waals surface area contributed by atoms with Crippen molar-refractivity contribution in [1.82, 2.24) is 4.90 Å². The Morgan fingerprint density at radius 1 is 0.750 bits per heavy atom. The third-order valence-electron chi connectivity index (χ3n) is 5.20. The van der Waals surface area contributed by atoms with Crippen LogP contribution in [0.4, 0.5) is 0 Å². The van der Waals surface area contributed by atoms with Crippen LogP contribution in [0.2, 0.25) is 0 Å². The van der Waals surface area contributed by atoms with Gasteiger partial charge in [-0.2, -0.15) is 0 Å². The van der Waals surface area contributed by atoms with Crippen molar-refractivity contribution in [3.05, 3.63) is 100 Å². The molecule has 5 nitrogen and oxygen atoms in total. The fraction of sp³-hybridized carbons (Fsp3) is 0.154. The van der Waals surface area contributed by atoms with E-state index in [1.54, 1.807) is 26.4 Å². The highest BCUT2D eigenvalue weighted by molar-refractivity contribution is 8.03. The topological polar surface area (TPSA) is 55.8 Å². The van der Waals surface area contributed by atoms with Gasteiger partial charge in [0.25, 0.3) is 11.8 Å². The molecule has 0 radical (unpaired) electrons. The van der Waals surface area contributed by atoms with Gasteiger partial charge in [0.1, 0.15) is 0 Å². The fourth-order valence-corrected chi connectivity index (χ4v) is 4.67. The van der Waals surface area contributed by atoms with E-state index in [4.69, 9.17) is 9.47 Å². The SMILES string of the molecule is COc1ccc(CN2C(=O)C(SCc3ccccc3)=C(c3ccccc3)C2=O)cc1OC. The average molecular weight is 446 g/mol. The third-order valence-corrected chi connectivity index (χ3v) is 6.35. The number of nitrogens with zero attached hydrogens (tertiary/aromatic N) is 1. The summed E-state index contributed by atoms with van der Waals surface area (Å²) in [5.74, 6) is 1.20. The summed E-state index contributed by atoms with van der Waals surface area (Å²) in [6, 6.07) is 24.7. The van der Waals surface area contributed by atoms with Crippen LogP contribution in [0.1, 0.15) is 16.7 Å². The monoisotopic (exact) mass is 445 g/mol. The number of ether oxygens (including phenoxy) is 2. The number of carbonyl (C=O) groups is 2. The highest BCUT2D eigenvalue weighted by atomic mass is 32.2. The molecule has 0 saturated heterocycles. The Bertz CT molecular complexity index is 1160. The molecule has 0 atom stereocenters. The van der Waals surface area contributed by atoms with E-state index in [0.29, 0.717) is 27.7 Å². The predicted molar refractivity (Wildman–Crippen MR) is 126 cm³/mol. The number of carbonyl (C=O) groups excluding carboxylic acids is 2. The van der Waals surface area contributed by atoms with E-state index in [0.717, 1.165) is 16.7 Å². The summed E-state index contributed by atoms with van der Waals surface area (Å²) in [5.41, 5.74) is 3.08. The molecule has 0 unspecified atom stereocenters. The number of benzene rings is 3. The van der Waals surface area contributed by atoms with Crippen molar-refractivity contribution in [2.45, 2.75) is 12.3 Å². The fourth-order valence-electron chi connectivity index (χ4n) is 3.58. The molecule has 0 spiro atoms. The van der Waals surface area contributed by atoms with Crippen LogP contribution in [0.5, 0.6) is 11.5 Å². The lowest BCUT2D eigenvalue weighted by Gasteiger charge is -2.16. The maximum Gasteiger partial charge on any atom is 0.268 e. The molecule has 3 aromatic carbocycles. The zero-order valence-electron chi connectivity index (χ0n) is 17.9. The van der Waals surface area contributed by atoms with Crippen LogP contribution in [-0.4, -0.2) is 30.9 Å². The molecular weight excluding hydrogens is 422 g/mol. The van der Waals surface area contributed by atoms with Crippen molar-refractivity contribution in [3.63, 3.8) is 0 Å². The first-order chi connectivity index (χ1) is 15.6. The number of thioether (sulfide) groups is 1. The molecule has 0 bridgehead atoms. The third kappa shape index (κ3) is 4.41. The van der Waals surface area contributed by atoms with Crippen molar-refractivity contribution in [2.24, 2.45) is 0 Å². The van der Waals surface area contributed by atoms with E-state index in [1.807, 2.05) is 66.7 Å². The van der Waals surface area contributed by atoms with Crippen molar-refractivity contribution in [1.29, 1.82) is 0 Å². The number of rotatable bonds is 8. The summed E-state index contributed by atoms with van der Waals surface area (Å²) >= 11 is 1.40. The standard InChI is InChI=1S/C26H23NO4S/c1-30-21-14-13-19(15-22(21)31-2)16-27-25(28)23(20-11-7-4-8-12-20)24(26(27)29)32-17-18-9-5-3-6-10-18/h3-15H,16-17H2,1-2H3. The average Bonchev–Trinajstić information content (AvgIpc) is 3.08. The summed E-state index contributed by atoms with van der Waals surface area (Å²) in [4.78, 5) is 28.6.